The summed E-state index contributed by atoms with van der Waals surface area (Å²) >= 11 is 3.37. The van der Waals surface area contributed by atoms with Crippen molar-refractivity contribution in [3.8, 4) is 17.2 Å². The van der Waals surface area contributed by atoms with Gasteiger partial charge in [0.1, 0.15) is 12.4 Å². The van der Waals surface area contributed by atoms with E-state index in [2.05, 4.69) is 21.2 Å². The summed E-state index contributed by atoms with van der Waals surface area (Å²) in [5, 5.41) is 2.63. The second kappa shape index (κ2) is 12.0. The monoisotopic (exact) mass is 465 g/mol. The Labute approximate surface area is 178 Å². The van der Waals surface area contributed by atoms with Crippen molar-refractivity contribution in [2.45, 2.75) is 13.3 Å². The largest absolute Gasteiger partial charge is 0.493 e. The fourth-order valence-electron chi connectivity index (χ4n) is 2.32. The van der Waals surface area contributed by atoms with Crippen molar-refractivity contribution < 1.29 is 28.5 Å². The second-order valence-electron chi connectivity index (χ2n) is 5.93. The smallest absolute Gasteiger partial charge is 0.338 e. The first-order chi connectivity index (χ1) is 14.0. The predicted molar refractivity (Wildman–Crippen MR) is 112 cm³/mol. The summed E-state index contributed by atoms with van der Waals surface area (Å²) in [7, 11) is 1.49. The fraction of sp³-hybridized carbons (Fsp3) is 0.333. The van der Waals surface area contributed by atoms with Crippen LogP contribution >= 0.6 is 15.9 Å². The Kier molecular flexibility index (Phi) is 9.30. The average molecular weight is 466 g/mol. The molecule has 1 N–H and O–H groups in total. The molecule has 0 aliphatic carbocycles. The van der Waals surface area contributed by atoms with Gasteiger partial charge < -0.3 is 24.3 Å². The topological polar surface area (TPSA) is 83.1 Å². The molecule has 7 nitrogen and oxygen atoms in total. The Balaban J connectivity index is 1.80. The Bertz CT molecular complexity index is 812. The number of carbonyl (C=O) groups is 2. The van der Waals surface area contributed by atoms with E-state index in [1.165, 1.54) is 13.2 Å². The summed E-state index contributed by atoms with van der Waals surface area (Å²) in [6.07, 6.45) is 0.838. The van der Waals surface area contributed by atoms with E-state index in [9.17, 15) is 9.59 Å². The molecule has 0 aromatic heterocycles. The van der Waals surface area contributed by atoms with Crippen LogP contribution in [0.3, 0.4) is 0 Å². The Hall–Kier alpha value is -2.74. The third-order valence-electron chi connectivity index (χ3n) is 3.69. The van der Waals surface area contributed by atoms with Crippen LogP contribution in [0.1, 0.15) is 23.7 Å². The summed E-state index contributed by atoms with van der Waals surface area (Å²) < 4.78 is 22.0. The zero-order chi connectivity index (χ0) is 21.1. The molecule has 1 amide bonds. The molecule has 0 aliphatic heterocycles. The van der Waals surface area contributed by atoms with E-state index in [4.69, 9.17) is 18.9 Å². The summed E-state index contributed by atoms with van der Waals surface area (Å²) in [5.41, 5.74) is 0.248. The number of carbonyl (C=O) groups excluding carboxylic acids is 2. The van der Waals surface area contributed by atoms with Gasteiger partial charge in [0.2, 0.25) is 0 Å². The third-order valence-corrected chi connectivity index (χ3v) is 4.28. The lowest BCUT2D eigenvalue weighted by Gasteiger charge is -2.13. The quantitative estimate of drug-likeness (QED) is 0.403. The lowest BCUT2D eigenvalue weighted by atomic mass is 10.2. The highest BCUT2D eigenvalue weighted by Crippen LogP contribution is 2.37. The molecule has 156 valence electrons. The first-order valence-electron chi connectivity index (χ1n) is 9.17. The molecule has 29 heavy (non-hydrogen) atoms. The minimum absolute atomic E-state index is 0.248. The van der Waals surface area contributed by atoms with Crippen molar-refractivity contribution in [3.05, 3.63) is 52.5 Å². The van der Waals surface area contributed by atoms with E-state index in [-0.39, 0.29) is 5.56 Å². The molecule has 2 aromatic carbocycles. The highest BCUT2D eigenvalue weighted by molar-refractivity contribution is 9.10. The number of hydrogen-bond acceptors (Lipinski definition) is 6. The van der Waals surface area contributed by atoms with E-state index >= 15 is 0 Å². The zero-order valence-corrected chi connectivity index (χ0v) is 18.0. The Morgan fingerprint density at radius 1 is 1.07 bits per heavy atom. The molecular weight excluding hydrogens is 442 g/mol. The maximum atomic E-state index is 12.3. The van der Waals surface area contributed by atoms with Crippen LogP contribution in [0.2, 0.25) is 0 Å². The number of halogens is 1. The predicted octanol–water partition coefficient (Wildman–Crippen LogP) is 3.60. The number of nitrogens with one attached hydrogen (secondary N) is 1. The molecule has 0 fully saturated rings. The van der Waals surface area contributed by atoms with Crippen molar-refractivity contribution in [1.82, 2.24) is 5.32 Å². The van der Waals surface area contributed by atoms with Crippen LogP contribution in [0, 0.1) is 0 Å². The van der Waals surface area contributed by atoms with Gasteiger partial charge in [-0.15, -0.1) is 0 Å². The number of para-hydroxylation sites is 1. The molecule has 0 spiro atoms. The van der Waals surface area contributed by atoms with Gasteiger partial charge in [0, 0.05) is 0 Å². The minimum atomic E-state index is -0.637. The minimum Gasteiger partial charge on any atom is -0.493 e. The van der Waals surface area contributed by atoms with Crippen molar-refractivity contribution >= 4 is 27.8 Å². The van der Waals surface area contributed by atoms with Crippen LogP contribution in [-0.2, 0) is 9.53 Å². The maximum absolute atomic E-state index is 12.3. The van der Waals surface area contributed by atoms with Crippen LogP contribution < -0.4 is 19.5 Å². The fourth-order valence-corrected chi connectivity index (χ4v) is 2.88. The van der Waals surface area contributed by atoms with Crippen LogP contribution in [0.5, 0.6) is 17.2 Å². The summed E-state index contributed by atoms with van der Waals surface area (Å²) in [6, 6.07) is 12.4. The van der Waals surface area contributed by atoms with Crippen LogP contribution in [0.25, 0.3) is 0 Å². The molecule has 2 rings (SSSR count). The maximum Gasteiger partial charge on any atom is 0.338 e. The molecule has 0 atom stereocenters. The van der Waals surface area contributed by atoms with Crippen molar-refractivity contribution in [1.29, 1.82) is 0 Å². The van der Waals surface area contributed by atoms with Crippen LogP contribution in [0.15, 0.2) is 46.9 Å². The molecule has 0 saturated carbocycles. The lowest BCUT2D eigenvalue weighted by Crippen LogP contribution is -2.32. The number of benzene rings is 2. The molecule has 0 bridgehead atoms. The number of rotatable bonds is 11. The average Bonchev–Trinajstić information content (AvgIpc) is 2.74. The van der Waals surface area contributed by atoms with Crippen LogP contribution in [0.4, 0.5) is 0 Å². The molecule has 2 aromatic rings. The summed E-state index contributed by atoms with van der Waals surface area (Å²) in [4.78, 5) is 24.1. The van der Waals surface area contributed by atoms with E-state index < -0.39 is 18.5 Å². The van der Waals surface area contributed by atoms with Gasteiger partial charge in [-0.25, -0.2) is 4.79 Å². The van der Waals surface area contributed by atoms with Gasteiger partial charge in [-0.3, -0.25) is 4.79 Å². The summed E-state index contributed by atoms with van der Waals surface area (Å²) in [5.74, 6) is 0.592. The van der Waals surface area contributed by atoms with E-state index in [0.717, 1.165) is 12.2 Å². The zero-order valence-electron chi connectivity index (χ0n) is 16.4. The second-order valence-corrected chi connectivity index (χ2v) is 6.78. The Morgan fingerprint density at radius 3 is 2.52 bits per heavy atom. The molecule has 0 aliphatic rings. The lowest BCUT2D eigenvalue weighted by molar-refractivity contribution is -0.124. The number of ether oxygens (including phenoxy) is 4. The molecule has 0 unspecified atom stereocenters. The highest BCUT2D eigenvalue weighted by atomic mass is 79.9. The van der Waals surface area contributed by atoms with Crippen molar-refractivity contribution in [2.24, 2.45) is 0 Å². The van der Waals surface area contributed by atoms with E-state index in [1.807, 2.05) is 37.3 Å². The van der Waals surface area contributed by atoms with Gasteiger partial charge in [-0.1, -0.05) is 25.1 Å². The number of hydrogen-bond donors (Lipinski definition) is 1. The Morgan fingerprint density at radius 2 is 1.83 bits per heavy atom. The first-order valence-corrected chi connectivity index (χ1v) is 9.96. The van der Waals surface area contributed by atoms with Gasteiger partial charge in [0.15, 0.2) is 18.1 Å². The number of methoxy groups -OCH3 is 1. The molecular formula is C21H24BrNO6. The molecule has 0 saturated heterocycles. The van der Waals surface area contributed by atoms with Gasteiger partial charge in [-0.05, 0) is 46.6 Å². The van der Waals surface area contributed by atoms with Gasteiger partial charge in [0.05, 0.1) is 30.3 Å². The molecule has 0 heterocycles. The number of esters is 1. The molecule has 8 heteroatoms. The normalized spacial score (nSPS) is 10.2. The van der Waals surface area contributed by atoms with Crippen molar-refractivity contribution in [3.63, 3.8) is 0 Å². The number of amides is 1. The van der Waals surface area contributed by atoms with Crippen molar-refractivity contribution in [2.75, 3.05) is 33.5 Å². The first kappa shape index (κ1) is 22.5. The van der Waals surface area contributed by atoms with E-state index in [1.54, 1.807) is 6.07 Å². The van der Waals surface area contributed by atoms with Gasteiger partial charge >= 0.3 is 5.97 Å². The highest BCUT2D eigenvalue weighted by Gasteiger charge is 2.17. The van der Waals surface area contributed by atoms with Gasteiger partial charge in [-0.2, -0.15) is 0 Å². The van der Waals surface area contributed by atoms with Crippen LogP contribution in [-0.4, -0.2) is 45.4 Å². The SMILES string of the molecule is CCCOc1c(Br)cc(C(=O)OCC(=O)NCCOc2ccccc2)cc1OC. The standard InChI is InChI=1S/C21H24BrNO6/c1-3-10-28-20-17(22)12-15(13-18(20)26-2)21(25)29-14-19(24)23-9-11-27-16-7-5-4-6-8-16/h4-8,12-13H,3,9-11,14H2,1-2H3,(H,23,24). The van der Waals surface area contributed by atoms with E-state index in [0.29, 0.717) is 35.7 Å². The molecule has 0 radical (unpaired) electrons. The van der Waals surface area contributed by atoms with Gasteiger partial charge in [0.25, 0.3) is 5.91 Å². The third kappa shape index (κ3) is 7.30. The summed E-state index contributed by atoms with van der Waals surface area (Å²) in [6.45, 7) is 2.73.